The predicted molar refractivity (Wildman–Crippen MR) is 114 cm³/mol. The summed E-state index contributed by atoms with van der Waals surface area (Å²) in [6.07, 6.45) is 0.929. The number of amides is 1. The molecule has 0 aromatic heterocycles. The van der Waals surface area contributed by atoms with E-state index in [1.165, 1.54) is 18.2 Å². The number of hydrogen-bond acceptors (Lipinski definition) is 4. The van der Waals surface area contributed by atoms with E-state index in [1.807, 2.05) is 6.07 Å². The average Bonchev–Trinajstić information content (AvgIpc) is 2.61. The van der Waals surface area contributed by atoms with Gasteiger partial charge in [-0.15, -0.1) is 0 Å². The lowest BCUT2D eigenvalue weighted by Crippen LogP contribution is -2.41. The minimum absolute atomic E-state index is 0.160. The van der Waals surface area contributed by atoms with E-state index in [0.29, 0.717) is 28.1 Å². The Morgan fingerprint density at radius 3 is 2.57 bits per heavy atom. The normalized spacial score (nSPS) is 11.3. The highest BCUT2D eigenvalue weighted by Crippen LogP contribution is 2.24. The van der Waals surface area contributed by atoms with Gasteiger partial charge in [0, 0.05) is 28.1 Å². The number of nitrogens with zero attached hydrogens (tertiary/aromatic N) is 1. The molecule has 0 saturated carbocycles. The number of sulfonamides is 1. The van der Waals surface area contributed by atoms with Crippen molar-refractivity contribution in [2.24, 2.45) is 0 Å². The third-order valence-corrected chi connectivity index (χ3v) is 6.37. The maximum atomic E-state index is 13.9. The largest absolute Gasteiger partial charge is 0.354 e. The standard InChI is InChI=1S/C18H19Cl2FN2O3S2/c1-28(25,26)23(17-5-3-2-4-16(17)21)11-18(24)22-8-9-27-12-13-6-7-14(19)10-15(13)20/h2-7,10H,8-9,11-12H2,1H3,(H,22,24). The van der Waals surface area contributed by atoms with Crippen molar-refractivity contribution >= 4 is 56.6 Å². The Morgan fingerprint density at radius 1 is 1.21 bits per heavy atom. The minimum atomic E-state index is -3.81. The van der Waals surface area contributed by atoms with Crippen molar-refractivity contribution in [3.63, 3.8) is 0 Å². The molecule has 0 fully saturated rings. The molecule has 1 N–H and O–H groups in total. The summed E-state index contributed by atoms with van der Waals surface area (Å²) in [5, 5.41) is 3.79. The van der Waals surface area contributed by atoms with Gasteiger partial charge < -0.3 is 5.32 Å². The van der Waals surface area contributed by atoms with Crippen LogP contribution in [0.3, 0.4) is 0 Å². The Kier molecular flexibility index (Phi) is 8.42. The molecule has 10 heteroatoms. The molecule has 0 saturated heterocycles. The van der Waals surface area contributed by atoms with Crippen molar-refractivity contribution in [1.29, 1.82) is 0 Å². The van der Waals surface area contributed by atoms with Crippen molar-refractivity contribution in [2.75, 3.05) is 29.4 Å². The molecule has 0 aliphatic rings. The molecule has 0 aliphatic carbocycles. The predicted octanol–water partition coefficient (Wildman–Crippen LogP) is 3.95. The third kappa shape index (κ3) is 6.84. The Hall–Kier alpha value is -1.48. The first-order valence-corrected chi connectivity index (χ1v) is 11.9. The number of benzene rings is 2. The summed E-state index contributed by atoms with van der Waals surface area (Å²) in [5.41, 5.74) is 0.775. The molecule has 0 aliphatic heterocycles. The number of carbonyl (C=O) groups excluding carboxylic acids is 1. The summed E-state index contributed by atoms with van der Waals surface area (Å²) in [7, 11) is -3.81. The van der Waals surface area contributed by atoms with E-state index in [0.717, 1.165) is 22.2 Å². The second kappa shape index (κ2) is 10.3. The lowest BCUT2D eigenvalue weighted by Gasteiger charge is -2.22. The van der Waals surface area contributed by atoms with E-state index in [4.69, 9.17) is 23.2 Å². The molecule has 0 atom stereocenters. The molecule has 5 nitrogen and oxygen atoms in total. The fourth-order valence-electron chi connectivity index (χ4n) is 2.30. The van der Waals surface area contributed by atoms with E-state index >= 15 is 0 Å². The molecule has 1 amide bonds. The number of anilines is 1. The first-order valence-electron chi connectivity index (χ1n) is 8.19. The van der Waals surface area contributed by atoms with E-state index in [9.17, 15) is 17.6 Å². The minimum Gasteiger partial charge on any atom is -0.354 e. The van der Waals surface area contributed by atoms with Crippen molar-refractivity contribution in [2.45, 2.75) is 5.75 Å². The highest BCUT2D eigenvalue weighted by molar-refractivity contribution is 7.98. The Labute approximate surface area is 178 Å². The molecule has 28 heavy (non-hydrogen) atoms. The van der Waals surface area contributed by atoms with Crippen LogP contribution in [-0.4, -0.2) is 39.4 Å². The highest BCUT2D eigenvalue weighted by atomic mass is 35.5. The fourth-order valence-corrected chi connectivity index (χ4v) is 4.58. The van der Waals surface area contributed by atoms with Gasteiger partial charge in [0.1, 0.15) is 12.4 Å². The summed E-state index contributed by atoms with van der Waals surface area (Å²) in [6.45, 7) is -0.156. The van der Waals surface area contributed by atoms with E-state index in [-0.39, 0.29) is 5.69 Å². The number of rotatable bonds is 9. The summed E-state index contributed by atoms with van der Waals surface area (Å²) in [4.78, 5) is 12.1. The van der Waals surface area contributed by atoms with Crippen LogP contribution in [0.15, 0.2) is 42.5 Å². The Morgan fingerprint density at radius 2 is 1.93 bits per heavy atom. The second-order valence-corrected chi connectivity index (χ2v) is 9.71. The summed E-state index contributed by atoms with van der Waals surface area (Å²) < 4.78 is 38.6. The SMILES string of the molecule is CS(=O)(=O)N(CC(=O)NCCSCc1ccc(Cl)cc1Cl)c1ccccc1F. The van der Waals surface area contributed by atoms with Gasteiger partial charge in [-0.2, -0.15) is 11.8 Å². The third-order valence-electron chi connectivity index (χ3n) is 3.65. The van der Waals surface area contributed by atoms with Crippen LogP contribution in [0.5, 0.6) is 0 Å². The lowest BCUT2D eigenvalue weighted by atomic mass is 10.2. The van der Waals surface area contributed by atoms with Crippen LogP contribution in [0.25, 0.3) is 0 Å². The number of hydrogen-bond donors (Lipinski definition) is 1. The average molecular weight is 465 g/mol. The quantitative estimate of drug-likeness (QED) is 0.570. The molecule has 152 valence electrons. The Balaban J connectivity index is 1.84. The van der Waals surface area contributed by atoms with Crippen molar-refractivity contribution in [3.05, 3.63) is 63.9 Å². The van der Waals surface area contributed by atoms with Crippen molar-refractivity contribution in [3.8, 4) is 0 Å². The lowest BCUT2D eigenvalue weighted by molar-refractivity contribution is -0.119. The highest BCUT2D eigenvalue weighted by Gasteiger charge is 2.23. The second-order valence-electron chi connectivity index (χ2n) is 5.86. The van der Waals surface area contributed by atoms with Gasteiger partial charge in [-0.25, -0.2) is 12.8 Å². The molecule has 2 rings (SSSR count). The number of para-hydroxylation sites is 1. The van der Waals surface area contributed by atoms with Crippen LogP contribution < -0.4 is 9.62 Å². The molecule has 2 aromatic rings. The number of thioether (sulfide) groups is 1. The number of nitrogens with one attached hydrogen (secondary N) is 1. The smallest absolute Gasteiger partial charge is 0.240 e. The maximum absolute atomic E-state index is 13.9. The van der Waals surface area contributed by atoms with Crippen LogP contribution in [0.2, 0.25) is 10.0 Å². The van der Waals surface area contributed by atoms with Crippen molar-refractivity contribution < 1.29 is 17.6 Å². The first kappa shape index (κ1) is 22.8. The van der Waals surface area contributed by atoms with Gasteiger partial charge in [-0.1, -0.05) is 41.4 Å². The van der Waals surface area contributed by atoms with E-state index in [1.54, 1.807) is 23.9 Å². The molecular formula is C18H19Cl2FN2O3S2. The van der Waals surface area contributed by atoms with Gasteiger partial charge >= 0.3 is 0 Å². The van der Waals surface area contributed by atoms with Gasteiger partial charge in [-0.3, -0.25) is 9.10 Å². The molecule has 0 spiro atoms. The zero-order valence-corrected chi connectivity index (χ0v) is 18.1. The molecule has 2 aromatic carbocycles. The summed E-state index contributed by atoms with van der Waals surface area (Å²) in [6, 6.07) is 10.7. The van der Waals surface area contributed by atoms with Crippen molar-refractivity contribution in [1.82, 2.24) is 5.32 Å². The molecule has 0 unspecified atom stereocenters. The van der Waals surface area contributed by atoms with Crippen LogP contribution in [-0.2, 0) is 20.6 Å². The Bertz CT molecular complexity index is 942. The monoisotopic (exact) mass is 464 g/mol. The summed E-state index contributed by atoms with van der Waals surface area (Å²) >= 11 is 13.5. The van der Waals surface area contributed by atoms with Gasteiger partial charge in [0.15, 0.2) is 0 Å². The fraction of sp³-hybridized carbons (Fsp3) is 0.278. The van der Waals surface area contributed by atoms with Crippen LogP contribution in [0, 0.1) is 5.82 Å². The molecule has 0 heterocycles. The number of carbonyl (C=O) groups is 1. The van der Waals surface area contributed by atoms with Gasteiger partial charge in [0.25, 0.3) is 0 Å². The molecule has 0 bridgehead atoms. The van der Waals surface area contributed by atoms with Gasteiger partial charge in [0.05, 0.1) is 11.9 Å². The van der Waals surface area contributed by atoms with Gasteiger partial charge in [-0.05, 0) is 29.8 Å². The molecular weight excluding hydrogens is 446 g/mol. The van der Waals surface area contributed by atoms with E-state index < -0.39 is 28.3 Å². The van der Waals surface area contributed by atoms with E-state index in [2.05, 4.69) is 5.32 Å². The van der Waals surface area contributed by atoms with Crippen LogP contribution >= 0.6 is 35.0 Å². The topological polar surface area (TPSA) is 66.5 Å². The first-order chi connectivity index (χ1) is 13.2. The van der Waals surface area contributed by atoms with Crippen LogP contribution in [0.4, 0.5) is 10.1 Å². The summed E-state index contributed by atoms with van der Waals surface area (Å²) in [5.74, 6) is 0.0229. The number of halogens is 3. The zero-order valence-electron chi connectivity index (χ0n) is 15.0. The molecule has 0 radical (unpaired) electrons. The van der Waals surface area contributed by atoms with Crippen LogP contribution in [0.1, 0.15) is 5.56 Å². The maximum Gasteiger partial charge on any atom is 0.240 e. The van der Waals surface area contributed by atoms with Gasteiger partial charge in [0.2, 0.25) is 15.9 Å². The zero-order chi connectivity index (χ0) is 20.7.